The Morgan fingerprint density at radius 1 is 1.35 bits per heavy atom. The van der Waals surface area contributed by atoms with Crippen LogP contribution in [0, 0.1) is 6.92 Å². The number of aromatic carboxylic acids is 1. The number of aromatic nitrogens is 1. The van der Waals surface area contributed by atoms with Gasteiger partial charge in [0.05, 0.1) is 11.1 Å². The van der Waals surface area contributed by atoms with Crippen molar-refractivity contribution in [2.24, 2.45) is 0 Å². The fourth-order valence-corrected chi connectivity index (χ4v) is 2.13. The monoisotopic (exact) mass is 227 g/mol. The lowest BCUT2D eigenvalue weighted by atomic mass is 10.0. The lowest BCUT2D eigenvalue weighted by molar-refractivity contribution is 0.0699. The molecule has 0 saturated heterocycles. The highest BCUT2D eigenvalue weighted by Gasteiger charge is 2.26. The van der Waals surface area contributed by atoms with Crippen molar-refractivity contribution in [3.63, 3.8) is 0 Å². The van der Waals surface area contributed by atoms with Gasteiger partial charge in [0.25, 0.3) is 0 Å². The molecule has 0 radical (unpaired) electrons. The van der Waals surface area contributed by atoms with Crippen LogP contribution in [0.15, 0.2) is 24.3 Å². The van der Waals surface area contributed by atoms with Gasteiger partial charge >= 0.3 is 5.97 Å². The van der Waals surface area contributed by atoms with E-state index < -0.39 is 5.97 Å². The second-order valence-corrected chi connectivity index (χ2v) is 4.69. The minimum absolute atomic E-state index is 0.376. The van der Waals surface area contributed by atoms with E-state index in [1.54, 1.807) is 6.07 Å². The van der Waals surface area contributed by atoms with Gasteiger partial charge in [-0.3, -0.25) is 4.98 Å². The van der Waals surface area contributed by atoms with Crippen LogP contribution in [0.5, 0.6) is 0 Å². The standard InChI is InChI=1S/C14H13NO2/c1-8-2-5-12-10(6-8)11(14(16)17)7-13(15-12)9-3-4-9/h2,5-7,9H,3-4H2,1H3,(H,16,17). The fourth-order valence-electron chi connectivity index (χ4n) is 2.13. The molecule has 1 aliphatic rings. The molecule has 0 aliphatic heterocycles. The molecule has 0 unspecified atom stereocenters. The van der Waals surface area contributed by atoms with E-state index >= 15 is 0 Å². The van der Waals surface area contributed by atoms with Gasteiger partial charge in [-0.1, -0.05) is 11.6 Å². The molecular formula is C14H13NO2. The number of rotatable bonds is 2. The Morgan fingerprint density at radius 2 is 2.12 bits per heavy atom. The van der Waals surface area contributed by atoms with E-state index in [4.69, 9.17) is 0 Å². The van der Waals surface area contributed by atoms with Crippen LogP contribution in [0.25, 0.3) is 10.9 Å². The van der Waals surface area contributed by atoms with E-state index in [1.165, 1.54) is 0 Å². The summed E-state index contributed by atoms with van der Waals surface area (Å²) in [5.41, 5.74) is 3.15. The molecule has 17 heavy (non-hydrogen) atoms. The molecule has 0 atom stereocenters. The molecule has 3 rings (SSSR count). The largest absolute Gasteiger partial charge is 0.478 e. The predicted octanol–water partition coefficient (Wildman–Crippen LogP) is 3.12. The Bertz CT molecular complexity index is 615. The number of aryl methyl sites for hydroxylation is 1. The number of benzene rings is 1. The Balaban J connectivity index is 2.31. The van der Waals surface area contributed by atoms with Crippen LogP contribution in [-0.4, -0.2) is 16.1 Å². The maximum absolute atomic E-state index is 11.3. The van der Waals surface area contributed by atoms with Crippen LogP contribution in [-0.2, 0) is 0 Å². The second-order valence-electron chi connectivity index (χ2n) is 4.69. The summed E-state index contributed by atoms with van der Waals surface area (Å²) in [5.74, 6) is -0.399. The van der Waals surface area contributed by atoms with E-state index in [1.807, 2.05) is 25.1 Å². The van der Waals surface area contributed by atoms with Gasteiger partial charge in [0.2, 0.25) is 0 Å². The molecule has 2 aromatic rings. The molecule has 0 spiro atoms. The van der Waals surface area contributed by atoms with Crippen molar-refractivity contribution in [3.8, 4) is 0 Å². The summed E-state index contributed by atoms with van der Waals surface area (Å²) < 4.78 is 0. The van der Waals surface area contributed by atoms with Crippen molar-refractivity contribution < 1.29 is 9.90 Å². The number of carbonyl (C=O) groups is 1. The molecule has 1 heterocycles. The molecule has 1 aromatic heterocycles. The lowest BCUT2D eigenvalue weighted by Gasteiger charge is -2.06. The molecular weight excluding hydrogens is 214 g/mol. The van der Waals surface area contributed by atoms with Crippen LogP contribution >= 0.6 is 0 Å². The van der Waals surface area contributed by atoms with Gasteiger partial charge in [0.15, 0.2) is 0 Å². The van der Waals surface area contributed by atoms with Gasteiger partial charge in [-0.05, 0) is 38.0 Å². The smallest absolute Gasteiger partial charge is 0.336 e. The van der Waals surface area contributed by atoms with E-state index in [2.05, 4.69) is 4.98 Å². The van der Waals surface area contributed by atoms with Crippen molar-refractivity contribution in [2.45, 2.75) is 25.7 Å². The molecule has 86 valence electrons. The maximum Gasteiger partial charge on any atom is 0.336 e. The molecule has 0 amide bonds. The highest BCUT2D eigenvalue weighted by atomic mass is 16.4. The first kappa shape index (κ1) is 10.3. The summed E-state index contributed by atoms with van der Waals surface area (Å²) in [6.45, 7) is 1.96. The van der Waals surface area contributed by atoms with Crippen LogP contribution < -0.4 is 0 Å². The van der Waals surface area contributed by atoms with Crippen LogP contribution in [0.3, 0.4) is 0 Å². The number of hydrogen-bond donors (Lipinski definition) is 1. The zero-order valence-electron chi connectivity index (χ0n) is 9.60. The first-order chi connectivity index (χ1) is 8.15. The summed E-state index contributed by atoms with van der Waals surface area (Å²) in [4.78, 5) is 15.9. The van der Waals surface area contributed by atoms with Gasteiger partial charge in [0.1, 0.15) is 0 Å². The summed E-state index contributed by atoms with van der Waals surface area (Å²) in [6.07, 6.45) is 2.26. The van der Waals surface area contributed by atoms with E-state index in [0.717, 1.165) is 35.0 Å². The number of nitrogens with zero attached hydrogens (tertiary/aromatic N) is 1. The highest BCUT2D eigenvalue weighted by Crippen LogP contribution is 2.40. The molecule has 0 bridgehead atoms. The predicted molar refractivity (Wildman–Crippen MR) is 65.4 cm³/mol. The van der Waals surface area contributed by atoms with E-state index in [0.29, 0.717) is 11.5 Å². The molecule has 1 fully saturated rings. The molecule has 3 heteroatoms. The van der Waals surface area contributed by atoms with Gasteiger partial charge in [-0.15, -0.1) is 0 Å². The molecule has 1 N–H and O–H groups in total. The highest BCUT2D eigenvalue weighted by molar-refractivity contribution is 6.02. The van der Waals surface area contributed by atoms with E-state index in [9.17, 15) is 9.90 Å². The Labute approximate surface area is 99.1 Å². The Hall–Kier alpha value is -1.90. The van der Waals surface area contributed by atoms with Crippen molar-refractivity contribution >= 4 is 16.9 Å². The third-order valence-corrected chi connectivity index (χ3v) is 3.21. The maximum atomic E-state index is 11.3. The SMILES string of the molecule is Cc1ccc2nc(C3CC3)cc(C(=O)O)c2c1. The van der Waals surface area contributed by atoms with Crippen LogP contribution in [0.4, 0.5) is 0 Å². The summed E-state index contributed by atoms with van der Waals surface area (Å²) in [7, 11) is 0. The first-order valence-corrected chi connectivity index (χ1v) is 5.80. The average Bonchev–Trinajstić information content (AvgIpc) is 3.11. The summed E-state index contributed by atoms with van der Waals surface area (Å²) in [5, 5.41) is 10.0. The van der Waals surface area contributed by atoms with Crippen LogP contribution in [0.1, 0.15) is 40.4 Å². The van der Waals surface area contributed by atoms with Gasteiger partial charge in [-0.2, -0.15) is 0 Å². The number of carboxylic acids is 1. The lowest BCUT2D eigenvalue weighted by Crippen LogP contribution is -2.01. The quantitative estimate of drug-likeness (QED) is 0.857. The third-order valence-electron chi connectivity index (χ3n) is 3.21. The second kappa shape index (κ2) is 3.55. The van der Waals surface area contributed by atoms with Crippen molar-refractivity contribution in [3.05, 3.63) is 41.1 Å². The normalized spacial score (nSPS) is 15.1. The molecule has 3 nitrogen and oxygen atoms in total. The number of pyridine rings is 1. The number of carboxylic acid groups (broad SMARTS) is 1. The molecule has 1 saturated carbocycles. The van der Waals surface area contributed by atoms with Crippen molar-refractivity contribution in [1.82, 2.24) is 4.98 Å². The van der Waals surface area contributed by atoms with Crippen LogP contribution in [0.2, 0.25) is 0 Å². The number of fused-ring (bicyclic) bond motifs is 1. The van der Waals surface area contributed by atoms with Gasteiger partial charge < -0.3 is 5.11 Å². The Morgan fingerprint density at radius 3 is 2.76 bits per heavy atom. The summed E-state index contributed by atoms with van der Waals surface area (Å²) in [6, 6.07) is 7.50. The molecule has 1 aliphatic carbocycles. The van der Waals surface area contributed by atoms with Crippen molar-refractivity contribution in [2.75, 3.05) is 0 Å². The van der Waals surface area contributed by atoms with Gasteiger partial charge in [-0.25, -0.2) is 4.79 Å². The van der Waals surface area contributed by atoms with Crippen molar-refractivity contribution in [1.29, 1.82) is 0 Å². The molecule has 1 aromatic carbocycles. The fraction of sp³-hybridized carbons (Fsp3) is 0.286. The zero-order valence-corrected chi connectivity index (χ0v) is 9.60. The van der Waals surface area contributed by atoms with Gasteiger partial charge in [0, 0.05) is 17.0 Å². The average molecular weight is 227 g/mol. The topological polar surface area (TPSA) is 50.2 Å². The number of hydrogen-bond acceptors (Lipinski definition) is 2. The third kappa shape index (κ3) is 1.78. The summed E-state index contributed by atoms with van der Waals surface area (Å²) >= 11 is 0. The minimum Gasteiger partial charge on any atom is -0.478 e. The van der Waals surface area contributed by atoms with E-state index in [-0.39, 0.29) is 0 Å². The zero-order chi connectivity index (χ0) is 12.0. The Kier molecular flexibility index (Phi) is 2.15. The first-order valence-electron chi connectivity index (χ1n) is 5.80. The minimum atomic E-state index is -0.870.